The highest BCUT2D eigenvalue weighted by Gasteiger charge is 2.31. The lowest BCUT2D eigenvalue weighted by Crippen LogP contribution is -2.30. The summed E-state index contributed by atoms with van der Waals surface area (Å²) in [7, 11) is 0. The molecule has 0 aromatic rings. The molecule has 1 aliphatic carbocycles. The van der Waals surface area contributed by atoms with Crippen LogP contribution < -0.4 is 0 Å². The Bertz CT molecular complexity index is 276. The van der Waals surface area contributed by atoms with Gasteiger partial charge in [0.2, 0.25) is 0 Å². The number of ether oxygens (including phenoxy) is 2. The summed E-state index contributed by atoms with van der Waals surface area (Å²) < 4.78 is 10.6. The molecule has 15 heavy (non-hydrogen) atoms. The molecule has 2 heterocycles. The maximum Gasteiger partial charge on any atom is 0.0984 e. The van der Waals surface area contributed by atoms with Gasteiger partial charge in [0, 0.05) is 18.8 Å². The van der Waals surface area contributed by atoms with Gasteiger partial charge in [0.1, 0.15) is 0 Å². The van der Waals surface area contributed by atoms with Gasteiger partial charge in [-0.1, -0.05) is 12.2 Å². The van der Waals surface area contributed by atoms with Gasteiger partial charge in [-0.3, -0.25) is 0 Å². The van der Waals surface area contributed by atoms with Crippen molar-refractivity contribution in [3.63, 3.8) is 0 Å². The van der Waals surface area contributed by atoms with E-state index in [1.54, 1.807) is 0 Å². The number of hydrogen-bond acceptors (Lipinski definition) is 3. The molecule has 2 aliphatic heterocycles. The first-order valence-electron chi connectivity index (χ1n) is 5.76. The summed E-state index contributed by atoms with van der Waals surface area (Å²) in [6, 6.07) is 0. The molecule has 0 radical (unpaired) electrons. The van der Waals surface area contributed by atoms with Gasteiger partial charge in [-0.05, 0) is 18.9 Å². The highest BCUT2D eigenvalue weighted by molar-refractivity contribution is 5.21. The molecule has 3 heteroatoms. The fourth-order valence-electron chi connectivity index (χ4n) is 1.96. The molecule has 3 aliphatic rings. The summed E-state index contributed by atoms with van der Waals surface area (Å²) in [5.74, 6) is 0. The number of epoxide rings is 2. The lowest BCUT2D eigenvalue weighted by Gasteiger charge is -2.25. The Labute approximate surface area is 90.3 Å². The minimum Gasteiger partial charge on any atom is -0.371 e. The van der Waals surface area contributed by atoms with Crippen molar-refractivity contribution in [2.24, 2.45) is 0 Å². The summed E-state index contributed by atoms with van der Waals surface area (Å²) in [6.45, 7) is 3.91. The second-order valence-corrected chi connectivity index (χ2v) is 4.42. The first kappa shape index (κ1) is 9.43. The molecule has 0 saturated carbocycles. The third-order valence-electron chi connectivity index (χ3n) is 2.99. The van der Waals surface area contributed by atoms with Gasteiger partial charge in [0.15, 0.2) is 0 Å². The maximum absolute atomic E-state index is 5.30. The molecule has 3 rings (SSSR count). The van der Waals surface area contributed by atoms with E-state index in [0.717, 1.165) is 26.3 Å². The van der Waals surface area contributed by atoms with Crippen LogP contribution in [0.5, 0.6) is 0 Å². The normalized spacial score (nSPS) is 32.4. The molecule has 2 unspecified atom stereocenters. The molecule has 0 aromatic carbocycles. The van der Waals surface area contributed by atoms with Crippen LogP contribution in [0.3, 0.4) is 0 Å². The quantitative estimate of drug-likeness (QED) is 0.636. The smallest absolute Gasteiger partial charge is 0.0984 e. The second kappa shape index (κ2) is 3.99. The number of allylic oxidation sites excluding steroid dienone is 3. The van der Waals surface area contributed by atoms with E-state index < -0.39 is 0 Å². The summed E-state index contributed by atoms with van der Waals surface area (Å²) in [4.78, 5) is 2.41. The molecule has 3 nitrogen and oxygen atoms in total. The molecule has 0 amide bonds. The van der Waals surface area contributed by atoms with E-state index in [1.807, 2.05) is 0 Å². The van der Waals surface area contributed by atoms with Crippen molar-refractivity contribution in [1.82, 2.24) is 4.90 Å². The van der Waals surface area contributed by atoms with E-state index in [4.69, 9.17) is 9.47 Å². The van der Waals surface area contributed by atoms with Gasteiger partial charge in [-0.25, -0.2) is 0 Å². The van der Waals surface area contributed by atoms with E-state index in [-0.39, 0.29) is 0 Å². The van der Waals surface area contributed by atoms with E-state index in [0.29, 0.717) is 12.2 Å². The molecule has 2 atom stereocenters. The molecular weight excluding hydrogens is 190 g/mol. The summed E-state index contributed by atoms with van der Waals surface area (Å²) >= 11 is 0. The van der Waals surface area contributed by atoms with Crippen LogP contribution >= 0.6 is 0 Å². The van der Waals surface area contributed by atoms with Gasteiger partial charge in [0.05, 0.1) is 25.4 Å². The Hall–Kier alpha value is -0.800. The van der Waals surface area contributed by atoms with Crippen molar-refractivity contribution in [1.29, 1.82) is 0 Å². The maximum atomic E-state index is 5.30. The SMILES string of the molecule is C1=CC(N(CC2CO2)CC2CO2)=CCC1. The van der Waals surface area contributed by atoms with Gasteiger partial charge in [-0.15, -0.1) is 0 Å². The lowest BCUT2D eigenvalue weighted by molar-refractivity contribution is 0.267. The number of rotatable bonds is 5. The molecule has 2 saturated heterocycles. The van der Waals surface area contributed by atoms with Gasteiger partial charge < -0.3 is 14.4 Å². The number of hydrogen-bond donors (Lipinski definition) is 0. The largest absolute Gasteiger partial charge is 0.371 e. The highest BCUT2D eigenvalue weighted by atomic mass is 16.6. The van der Waals surface area contributed by atoms with Crippen molar-refractivity contribution >= 4 is 0 Å². The van der Waals surface area contributed by atoms with Crippen molar-refractivity contribution in [3.8, 4) is 0 Å². The molecule has 82 valence electrons. The molecule has 0 aromatic heterocycles. The minimum atomic E-state index is 0.458. The number of nitrogens with zero attached hydrogens (tertiary/aromatic N) is 1. The Morgan fingerprint density at radius 2 is 1.80 bits per heavy atom. The molecular formula is C12H17NO2. The van der Waals surface area contributed by atoms with Gasteiger partial charge in [-0.2, -0.15) is 0 Å². The molecule has 0 spiro atoms. The Balaban J connectivity index is 1.63. The van der Waals surface area contributed by atoms with E-state index in [1.165, 1.54) is 18.5 Å². The Morgan fingerprint density at radius 1 is 1.13 bits per heavy atom. The average Bonchev–Trinajstić information content (AvgIpc) is 3.13. The van der Waals surface area contributed by atoms with Crippen LogP contribution in [-0.4, -0.2) is 43.4 Å². The van der Waals surface area contributed by atoms with Crippen molar-refractivity contribution in [2.75, 3.05) is 26.3 Å². The Morgan fingerprint density at radius 3 is 2.27 bits per heavy atom. The average molecular weight is 207 g/mol. The van der Waals surface area contributed by atoms with Crippen molar-refractivity contribution in [2.45, 2.75) is 25.0 Å². The predicted octanol–water partition coefficient (Wildman–Crippen LogP) is 1.32. The summed E-state index contributed by atoms with van der Waals surface area (Å²) in [5, 5.41) is 0. The Kier molecular flexibility index (Phi) is 2.51. The third kappa shape index (κ3) is 2.61. The van der Waals surface area contributed by atoms with Crippen LogP contribution in [0.2, 0.25) is 0 Å². The molecule has 2 fully saturated rings. The monoisotopic (exact) mass is 207 g/mol. The molecule has 0 N–H and O–H groups in total. The van der Waals surface area contributed by atoms with Crippen LogP contribution in [-0.2, 0) is 9.47 Å². The predicted molar refractivity (Wildman–Crippen MR) is 57.5 cm³/mol. The van der Waals surface area contributed by atoms with Crippen LogP contribution in [0.15, 0.2) is 23.9 Å². The van der Waals surface area contributed by atoms with Gasteiger partial charge >= 0.3 is 0 Å². The fourth-order valence-corrected chi connectivity index (χ4v) is 1.96. The van der Waals surface area contributed by atoms with Crippen LogP contribution in [0.1, 0.15) is 12.8 Å². The highest BCUT2D eigenvalue weighted by Crippen LogP contribution is 2.22. The zero-order valence-corrected chi connectivity index (χ0v) is 8.89. The van der Waals surface area contributed by atoms with E-state index in [2.05, 4.69) is 23.1 Å². The summed E-state index contributed by atoms with van der Waals surface area (Å²) in [6.07, 6.45) is 10.1. The zero-order valence-electron chi connectivity index (χ0n) is 8.89. The first-order chi connectivity index (χ1) is 7.42. The van der Waals surface area contributed by atoms with E-state index >= 15 is 0 Å². The van der Waals surface area contributed by atoms with Crippen molar-refractivity contribution in [3.05, 3.63) is 23.9 Å². The molecule has 0 bridgehead atoms. The topological polar surface area (TPSA) is 28.3 Å². The van der Waals surface area contributed by atoms with E-state index in [9.17, 15) is 0 Å². The minimum absolute atomic E-state index is 0.458. The standard InChI is InChI=1S/C12H17NO2/c1-2-4-10(5-3-1)13(6-11-8-14-11)7-12-9-15-12/h2,4-5,11-12H,1,3,6-9H2. The summed E-state index contributed by atoms with van der Waals surface area (Å²) in [5.41, 5.74) is 1.35. The fraction of sp³-hybridized carbons (Fsp3) is 0.667. The van der Waals surface area contributed by atoms with Crippen LogP contribution in [0, 0.1) is 0 Å². The zero-order chi connectivity index (χ0) is 10.1. The lowest BCUT2D eigenvalue weighted by atomic mass is 10.1. The van der Waals surface area contributed by atoms with Gasteiger partial charge in [0.25, 0.3) is 0 Å². The van der Waals surface area contributed by atoms with Crippen molar-refractivity contribution < 1.29 is 9.47 Å². The van der Waals surface area contributed by atoms with Crippen LogP contribution in [0.4, 0.5) is 0 Å². The second-order valence-electron chi connectivity index (χ2n) is 4.42. The van der Waals surface area contributed by atoms with Crippen LogP contribution in [0.25, 0.3) is 0 Å². The third-order valence-corrected chi connectivity index (χ3v) is 2.99. The first-order valence-corrected chi connectivity index (χ1v) is 5.76.